The molecule has 2 rings (SSSR count). The Morgan fingerprint density at radius 1 is 1.38 bits per heavy atom. The fourth-order valence-electron chi connectivity index (χ4n) is 1.88. The first-order valence-corrected chi connectivity index (χ1v) is 7.79. The lowest BCUT2D eigenvalue weighted by molar-refractivity contribution is -0.138. The van der Waals surface area contributed by atoms with Crippen molar-refractivity contribution in [1.29, 1.82) is 0 Å². The van der Waals surface area contributed by atoms with Crippen molar-refractivity contribution in [2.45, 2.75) is 13.0 Å². The summed E-state index contributed by atoms with van der Waals surface area (Å²) >= 11 is 9.36. The summed E-state index contributed by atoms with van der Waals surface area (Å²) in [6.07, 6.45) is -0.929. The number of carboxylic acids is 1. The highest BCUT2D eigenvalue weighted by Crippen LogP contribution is 2.32. The number of halogens is 2. The van der Waals surface area contributed by atoms with E-state index in [0.29, 0.717) is 10.7 Å². The quantitative estimate of drug-likeness (QED) is 0.695. The van der Waals surface area contributed by atoms with E-state index >= 15 is 0 Å². The molecule has 0 radical (unpaired) electrons. The minimum atomic E-state index is -1.22. The Morgan fingerprint density at radius 2 is 2.08 bits per heavy atom. The molecule has 0 aliphatic heterocycles. The van der Waals surface area contributed by atoms with Crippen molar-refractivity contribution in [2.24, 2.45) is 0 Å². The van der Waals surface area contributed by atoms with Gasteiger partial charge in [-0.15, -0.1) is 0 Å². The number of carbonyl (C=O) groups is 2. The Bertz CT molecular complexity index is 775. The Balaban J connectivity index is 2.29. The van der Waals surface area contributed by atoms with Gasteiger partial charge >= 0.3 is 12.1 Å². The zero-order valence-electron chi connectivity index (χ0n) is 12.6. The number of methoxy groups -OCH3 is 1. The summed E-state index contributed by atoms with van der Waals surface area (Å²) in [5.74, 6) is -0.817. The van der Waals surface area contributed by atoms with Crippen LogP contribution in [-0.4, -0.2) is 24.3 Å². The summed E-state index contributed by atoms with van der Waals surface area (Å²) in [6, 6.07) is 5.06. The van der Waals surface area contributed by atoms with E-state index in [1.54, 1.807) is 18.2 Å². The average Bonchev–Trinajstić information content (AvgIpc) is 2.86. The van der Waals surface area contributed by atoms with Crippen LogP contribution in [0.1, 0.15) is 17.6 Å². The smallest absolute Gasteiger partial charge is 0.479 e. The van der Waals surface area contributed by atoms with E-state index in [1.807, 2.05) is 0 Å². The summed E-state index contributed by atoms with van der Waals surface area (Å²) in [5, 5.41) is 12.6. The van der Waals surface area contributed by atoms with E-state index in [-0.39, 0.29) is 17.3 Å². The van der Waals surface area contributed by atoms with Gasteiger partial charge in [0.1, 0.15) is 11.5 Å². The van der Waals surface area contributed by atoms with E-state index in [9.17, 15) is 14.7 Å². The molecule has 9 heteroatoms. The van der Waals surface area contributed by atoms with Crippen molar-refractivity contribution in [1.82, 2.24) is 0 Å². The minimum absolute atomic E-state index is 0.0536. The van der Waals surface area contributed by atoms with Crippen LogP contribution in [0.3, 0.4) is 0 Å². The first-order chi connectivity index (χ1) is 11.3. The monoisotopic (exact) mass is 417 g/mol. The van der Waals surface area contributed by atoms with Crippen LogP contribution in [0.15, 0.2) is 33.2 Å². The molecule has 1 aromatic heterocycles. The largest absolute Gasteiger partial charge is 0.513 e. The van der Waals surface area contributed by atoms with Gasteiger partial charge in [0.15, 0.2) is 11.8 Å². The van der Waals surface area contributed by atoms with Crippen LogP contribution in [0, 0.1) is 6.92 Å². The van der Waals surface area contributed by atoms with Gasteiger partial charge in [0, 0.05) is 10.5 Å². The SMILES string of the molecule is COC(=O)Oc1cc(C(Nc2ccc(Br)cc2Cl)C(=O)O)oc1C. The molecule has 0 bridgehead atoms. The van der Waals surface area contributed by atoms with Crippen LogP contribution in [0.4, 0.5) is 10.5 Å². The van der Waals surface area contributed by atoms with Gasteiger partial charge in [-0.25, -0.2) is 9.59 Å². The van der Waals surface area contributed by atoms with Crippen molar-refractivity contribution < 1.29 is 28.6 Å². The maximum absolute atomic E-state index is 11.6. The normalized spacial score (nSPS) is 11.7. The van der Waals surface area contributed by atoms with Crippen molar-refractivity contribution in [2.75, 3.05) is 12.4 Å². The summed E-state index contributed by atoms with van der Waals surface area (Å²) < 4.78 is 15.4. The molecule has 0 spiro atoms. The lowest BCUT2D eigenvalue weighted by atomic mass is 10.2. The zero-order chi connectivity index (χ0) is 17.9. The second-order valence-corrected chi connectivity index (χ2v) is 5.99. The summed E-state index contributed by atoms with van der Waals surface area (Å²) in [5.41, 5.74) is 0.414. The first kappa shape index (κ1) is 18.2. The molecule has 1 unspecified atom stereocenters. The van der Waals surface area contributed by atoms with Gasteiger partial charge < -0.3 is 24.3 Å². The predicted octanol–water partition coefficient (Wildman–Crippen LogP) is 4.39. The predicted molar refractivity (Wildman–Crippen MR) is 89.6 cm³/mol. The molecular formula is C15H13BrClNO6. The number of carbonyl (C=O) groups excluding carboxylic acids is 1. The highest BCUT2D eigenvalue weighted by atomic mass is 79.9. The number of rotatable bonds is 5. The number of carboxylic acid groups (broad SMARTS) is 1. The van der Waals surface area contributed by atoms with Gasteiger partial charge in [-0.3, -0.25) is 0 Å². The third-order valence-electron chi connectivity index (χ3n) is 3.01. The number of benzene rings is 1. The molecule has 0 amide bonds. The molecule has 2 N–H and O–H groups in total. The van der Waals surface area contributed by atoms with Gasteiger partial charge in [0.25, 0.3) is 0 Å². The molecule has 7 nitrogen and oxygen atoms in total. The summed E-state index contributed by atoms with van der Waals surface area (Å²) in [4.78, 5) is 22.7. The van der Waals surface area contributed by atoms with Crippen LogP contribution in [0.2, 0.25) is 5.02 Å². The number of hydrogen-bond donors (Lipinski definition) is 2. The number of anilines is 1. The third-order valence-corrected chi connectivity index (χ3v) is 3.82. The molecule has 1 aromatic carbocycles. The zero-order valence-corrected chi connectivity index (χ0v) is 15.0. The van der Waals surface area contributed by atoms with Crippen LogP contribution >= 0.6 is 27.5 Å². The molecule has 24 heavy (non-hydrogen) atoms. The number of furan rings is 1. The molecule has 0 saturated carbocycles. The van der Waals surface area contributed by atoms with Gasteiger partial charge in [0.05, 0.1) is 17.8 Å². The molecule has 1 heterocycles. The number of nitrogens with one attached hydrogen (secondary N) is 1. The summed E-state index contributed by atoms with van der Waals surface area (Å²) in [6.45, 7) is 1.54. The van der Waals surface area contributed by atoms with E-state index in [1.165, 1.54) is 13.0 Å². The molecule has 1 atom stereocenters. The lowest BCUT2D eigenvalue weighted by Crippen LogP contribution is -2.20. The van der Waals surface area contributed by atoms with Crippen LogP contribution < -0.4 is 10.1 Å². The highest BCUT2D eigenvalue weighted by molar-refractivity contribution is 9.10. The molecule has 0 aliphatic carbocycles. The number of aliphatic carboxylic acids is 1. The van der Waals surface area contributed by atoms with Crippen molar-refractivity contribution in [3.8, 4) is 5.75 Å². The molecular weight excluding hydrogens is 406 g/mol. The van der Waals surface area contributed by atoms with Crippen molar-refractivity contribution >= 4 is 45.3 Å². The Hall–Kier alpha value is -2.19. The van der Waals surface area contributed by atoms with Crippen LogP contribution in [-0.2, 0) is 9.53 Å². The fourth-order valence-corrected chi connectivity index (χ4v) is 2.61. The van der Waals surface area contributed by atoms with Gasteiger partial charge in [-0.05, 0) is 25.1 Å². The van der Waals surface area contributed by atoms with Crippen LogP contribution in [0.25, 0.3) is 0 Å². The maximum Gasteiger partial charge on any atom is 0.513 e. The van der Waals surface area contributed by atoms with Gasteiger partial charge in [-0.2, -0.15) is 0 Å². The van der Waals surface area contributed by atoms with Gasteiger partial charge in [0.2, 0.25) is 0 Å². The maximum atomic E-state index is 11.6. The van der Waals surface area contributed by atoms with E-state index in [2.05, 4.69) is 26.0 Å². The van der Waals surface area contributed by atoms with E-state index < -0.39 is 18.2 Å². The minimum Gasteiger partial charge on any atom is -0.479 e. The average molecular weight is 419 g/mol. The van der Waals surface area contributed by atoms with Crippen molar-refractivity contribution in [3.05, 3.63) is 45.3 Å². The molecule has 2 aromatic rings. The number of hydrogen-bond acceptors (Lipinski definition) is 6. The molecule has 0 aliphatic rings. The number of aryl methyl sites for hydroxylation is 1. The standard InChI is InChI=1S/C15H13BrClNO6/c1-7-11(24-15(21)22-2)6-12(23-7)13(14(19)20)18-10-4-3-8(16)5-9(10)17/h3-6,13,18H,1-2H3,(H,19,20). The lowest BCUT2D eigenvalue weighted by Gasteiger charge is -2.14. The Kier molecular flexibility index (Phi) is 5.74. The van der Waals surface area contributed by atoms with Crippen molar-refractivity contribution in [3.63, 3.8) is 0 Å². The Morgan fingerprint density at radius 3 is 2.67 bits per heavy atom. The van der Waals surface area contributed by atoms with Gasteiger partial charge in [-0.1, -0.05) is 27.5 Å². The second-order valence-electron chi connectivity index (χ2n) is 4.67. The Labute approximate surface area is 150 Å². The first-order valence-electron chi connectivity index (χ1n) is 6.62. The van der Waals surface area contributed by atoms with E-state index in [0.717, 1.165) is 11.6 Å². The van der Waals surface area contributed by atoms with Crippen LogP contribution in [0.5, 0.6) is 5.75 Å². The molecule has 0 fully saturated rings. The number of ether oxygens (including phenoxy) is 2. The van der Waals surface area contributed by atoms with E-state index in [4.69, 9.17) is 20.8 Å². The fraction of sp³-hybridized carbons (Fsp3) is 0.200. The molecule has 128 valence electrons. The second kappa shape index (κ2) is 7.59. The topological polar surface area (TPSA) is 98.0 Å². The summed E-state index contributed by atoms with van der Waals surface area (Å²) in [7, 11) is 1.16. The molecule has 0 saturated heterocycles. The third kappa shape index (κ3) is 4.21. The highest BCUT2D eigenvalue weighted by Gasteiger charge is 2.26.